The van der Waals surface area contributed by atoms with Crippen molar-refractivity contribution in [1.82, 2.24) is 9.38 Å². The van der Waals surface area contributed by atoms with E-state index in [1.165, 1.54) is 22.7 Å². The first kappa shape index (κ1) is 14.5. The molecule has 0 aliphatic rings. The van der Waals surface area contributed by atoms with Gasteiger partial charge in [-0.15, -0.1) is 0 Å². The van der Waals surface area contributed by atoms with E-state index in [-0.39, 0.29) is 11.4 Å². The minimum atomic E-state index is -0.539. The summed E-state index contributed by atoms with van der Waals surface area (Å²) in [5.41, 5.74) is 1.33. The Morgan fingerprint density at radius 1 is 1.23 bits per heavy atom. The Kier molecular flexibility index (Phi) is 3.56. The molecule has 2 heterocycles. The number of fused-ring (bicyclic) bond motifs is 1. The molecule has 0 atom stereocenters. The number of hydrogen-bond donors (Lipinski definition) is 0. The Morgan fingerprint density at radius 2 is 2.00 bits per heavy atom. The standard InChI is InChI=1S/C14H7Cl2N3O3/c15-8-1-3-10(11(16)5-8)14-12(7-20)18-6-9(19(21)22)2-4-13(18)17-14/h1-7H. The van der Waals surface area contributed by atoms with Crippen LogP contribution in [0.1, 0.15) is 10.5 Å². The zero-order valence-corrected chi connectivity index (χ0v) is 12.4. The second-order valence-corrected chi connectivity index (χ2v) is 5.30. The molecular formula is C14H7Cl2N3O3. The third-order valence-electron chi connectivity index (χ3n) is 3.15. The first-order valence-corrected chi connectivity index (χ1v) is 6.84. The van der Waals surface area contributed by atoms with Crippen LogP contribution in [0.3, 0.4) is 0 Å². The number of aromatic nitrogens is 2. The Morgan fingerprint density at radius 3 is 2.64 bits per heavy atom. The van der Waals surface area contributed by atoms with E-state index >= 15 is 0 Å². The van der Waals surface area contributed by atoms with Crippen LogP contribution in [-0.2, 0) is 0 Å². The molecule has 2 aromatic heterocycles. The number of nitrogens with zero attached hydrogens (tertiary/aromatic N) is 3. The number of benzene rings is 1. The minimum absolute atomic E-state index is 0.137. The molecule has 0 bridgehead atoms. The van der Waals surface area contributed by atoms with Gasteiger partial charge in [0.05, 0.1) is 16.1 Å². The fourth-order valence-electron chi connectivity index (χ4n) is 2.15. The van der Waals surface area contributed by atoms with Crippen molar-refractivity contribution in [3.63, 3.8) is 0 Å². The van der Waals surface area contributed by atoms with Gasteiger partial charge in [-0.25, -0.2) is 4.98 Å². The normalized spacial score (nSPS) is 10.8. The molecular weight excluding hydrogens is 329 g/mol. The lowest BCUT2D eigenvalue weighted by atomic mass is 10.1. The lowest BCUT2D eigenvalue weighted by Gasteiger charge is -2.02. The van der Waals surface area contributed by atoms with Crippen LogP contribution >= 0.6 is 23.2 Å². The van der Waals surface area contributed by atoms with Crippen molar-refractivity contribution >= 4 is 40.8 Å². The van der Waals surface area contributed by atoms with Gasteiger partial charge in [0.1, 0.15) is 17.0 Å². The van der Waals surface area contributed by atoms with Crippen LogP contribution in [0.4, 0.5) is 5.69 Å². The Bertz CT molecular complexity index is 921. The molecule has 0 aliphatic heterocycles. The summed E-state index contributed by atoms with van der Waals surface area (Å²) >= 11 is 12.0. The summed E-state index contributed by atoms with van der Waals surface area (Å²) in [4.78, 5) is 26.1. The molecule has 3 rings (SSSR count). The van der Waals surface area contributed by atoms with E-state index in [1.54, 1.807) is 18.2 Å². The predicted octanol–water partition coefficient (Wildman–Crippen LogP) is 4.03. The Labute approximate surface area is 134 Å². The molecule has 0 aliphatic carbocycles. The maximum absolute atomic E-state index is 11.4. The van der Waals surface area contributed by atoms with Crippen molar-refractivity contribution in [3.05, 3.63) is 62.4 Å². The molecule has 22 heavy (non-hydrogen) atoms. The summed E-state index contributed by atoms with van der Waals surface area (Å²) in [5, 5.41) is 11.7. The van der Waals surface area contributed by atoms with E-state index in [0.29, 0.717) is 33.2 Å². The van der Waals surface area contributed by atoms with Crippen molar-refractivity contribution in [1.29, 1.82) is 0 Å². The molecule has 0 amide bonds. The second kappa shape index (κ2) is 5.40. The average molecular weight is 336 g/mol. The number of carbonyl (C=O) groups is 1. The Hall–Kier alpha value is -2.44. The number of halogens is 2. The number of nitro groups is 1. The fourth-order valence-corrected chi connectivity index (χ4v) is 2.65. The smallest absolute Gasteiger partial charge is 0.286 e. The average Bonchev–Trinajstić information content (AvgIpc) is 2.84. The topological polar surface area (TPSA) is 77.5 Å². The molecule has 0 saturated carbocycles. The van der Waals surface area contributed by atoms with Crippen LogP contribution < -0.4 is 0 Å². The van der Waals surface area contributed by atoms with Crippen LogP contribution in [0.2, 0.25) is 10.0 Å². The molecule has 110 valence electrons. The fraction of sp³-hybridized carbons (Fsp3) is 0. The molecule has 0 spiro atoms. The van der Waals surface area contributed by atoms with Gasteiger partial charge in [-0.05, 0) is 24.3 Å². The van der Waals surface area contributed by atoms with Gasteiger partial charge in [0.15, 0.2) is 6.29 Å². The van der Waals surface area contributed by atoms with Crippen molar-refractivity contribution in [2.45, 2.75) is 0 Å². The molecule has 0 N–H and O–H groups in total. The lowest BCUT2D eigenvalue weighted by molar-refractivity contribution is -0.385. The summed E-state index contributed by atoms with van der Waals surface area (Å²) in [6, 6.07) is 7.61. The van der Waals surface area contributed by atoms with Crippen molar-refractivity contribution in [2.24, 2.45) is 0 Å². The third kappa shape index (κ3) is 2.32. The molecule has 3 aromatic rings. The zero-order valence-electron chi connectivity index (χ0n) is 10.9. The Balaban J connectivity index is 2.30. The van der Waals surface area contributed by atoms with E-state index in [9.17, 15) is 14.9 Å². The number of imidazole rings is 1. The second-order valence-electron chi connectivity index (χ2n) is 4.46. The SMILES string of the molecule is O=Cc1c(-c2ccc(Cl)cc2Cl)nc2ccc([N+](=O)[O-])cn12. The van der Waals surface area contributed by atoms with Gasteiger partial charge in [0, 0.05) is 16.7 Å². The minimum Gasteiger partial charge on any atom is -0.296 e. The van der Waals surface area contributed by atoms with Crippen molar-refractivity contribution in [2.75, 3.05) is 0 Å². The van der Waals surface area contributed by atoms with Crippen molar-refractivity contribution in [3.8, 4) is 11.3 Å². The molecule has 6 nitrogen and oxygen atoms in total. The van der Waals surface area contributed by atoms with Crippen LogP contribution in [-0.4, -0.2) is 20.6 Å². The first-order valence-electron chi connectivity index (χ1n) is 6.08. The van der Waals surface area contributed by atoms with Gasteiger partial charge >= 0.3 is 0 Å². The number of pyridine rings is 1. The molecule has 0 radical (unpaired) electrons. The van der Waals surface area contributed by atoms with Gasteiger partial charge in [-0.3, -0.25) is 19.3 Å². The summed E-state index contributed by atoms with van der Waals surface area (Å²) in [6.45, 7) is 0. The van der Waals surface area contributed by atoms with E-state index < -0.39 is 4.92 Å². The monoisotopic (exact) mass is 335 g/mol. The molecule has 0 fully saturated rings. The van der Waals surface area contributed by atoms with Gasteiger partial charge < -0.3 is 0 Å². The van der Waals surface area contributed by atoms with E-state index in [0.717, 1.165) is 0 Å². The largest absolute Gasteiger partial charge is 0.296 e. The summed E-state index contributed by atoms with van der Waals surface area (Å²) in [7, 11) is 0. The first-order chi connectivity index (χ1) is 10.5. The summed E-state index contributed by atoms with van der Waals surface area (Å²) in [6.07, 6.45) is 1.84. The highest BCUT2D eigenvalue weighted by molar-refractivity contribution is 6.36. The number of hydrogen-bond acceptors (Lipinski definition) is 4. The summed E-state index contributed by atoms with van der Waals surface area (Å²) in [5.74, 6) is 0. The summed E-state index contributed by atoms with van der Waals surface area (Å²) < 4.78 is 1.37. The highest BCUT2D eigenvalue weighted by Gasteiger charge is 2.18. The molecule has 8 heteroatoms. The number of carbonyl (C=O) groups excluding carboxylic acids is 1. The maximum atomic E-state index is 11.4. The van der Waals surface area contributed by atoms with E-state index in [2.05, 4.69) is 4.98 Å². The highest BCUT2D eigenvalue weighted by atomic mass is 35.5. The highest BCUT2D eigenvalue weighted by Crippen LogP contribution is 2.32. The molecule has 0 unspecified atom stereocenters. The van der Waals surface area contributed by atoms with Crippen molar-refractivity contribution < 1.29 is 9.72 Å². The van der Waals surface area contributed by atoms with E-state index in [4.69, 9.17) is 23.2 Å². The van der Waals surface area contributed by atoms with Crippen LogP contribution in [0.15, 0.2) is 36.5 Å². The predicted molar refractivity (Wildman–Crippen MR) is 82.7 cm³/mol. The van der Waals surface area contributed by atoms with Gasteiger partial charge in [-0.1, -0.05) is 23.2 Å². The third-order valence-corrected chi connectivity index (χ3v) is 3.70. The maximum Gasteiger partial charge on any atom is 0.286 e. The number of rotatable bonds is 3. The van der Waals surface area contributed by atoms with Crippen LogP contribution in [0.25, 0.3) is 16.9 Å². The molecule has 0 saturated heterocycles. The molecule has 1 aromatic carbocycles. The van der Waals surface area contributed by atoms with Gasteiger partial charge in [-0.2, -0.15) is 0 Å². The van der Waals surface area contributed by atoms with Gasteiger partial charge in [0.25, 0.3) is 5.69 Å². The zero-order chi connectivity index (χ0) is 15.9. The number of aldehydes is 1. The van der Waals surface area contributed by atoms with Gasteiger partial charge in [0.2, 0.25) is 0 Å². The van der Waals surface area contributed by atoms with E-state index in [1.807, 2.05) is 0 Å². The van der Waals surface area contributed by atoms with Crippen LogP contribution in [0, 0.1) is 10.1 Å². The van der Waals surface area contributed by atoms with Crippen LogP contribution in [0.5, 0.6) is 0 Å². The lowest BCUT2D eigenvalue weighted by Crippen LogP contribution is -1.95. The quantitative estimate of drug-likeness (QED) is 0.411.